The van der Waals surface area contributed by atoms with Crippen LogP contribution in [-0.2, 0) is 11.2 Å². The van der Waals surface area contributed by atoms with Crippen molar-refractivity contribution in [2.45, 2.75) is 6.42 Å². The molecule has 0 aliphatic heterocycles. The van der Waals surface area contributed by atoms with Crippen LogP contribution in [0.4, 0.5) is 11.4 Å². The van der Waals surface area contributed by atoms with Crippen molar-refractivity contribution in [3.8, 4) is 0 Å². The summed E-state index contributed by atoms with van der Waals surface area (Å²) < 4.78 is 0. The lowest BCUT2D eigenvalue weighted by Crippen LogP contribution is -2.18. The van der Waals surface area contributed by atoms with Crippen LogP contribution >= 0.6 is 0 Å². The van der Waals surface area contributed by atoms with Crippen molar-refractivity contribution in [2.75, 3.05) is 24.3 Å². The molecule has 0 fully saturated rings. The van der Waals surface area contributed by atoms with Gasteiger partial charge in [0.25, 0.3) is 0 Å². The number of benzene rings is 3. The largest absolute Gasteiger partial charge is 0.376 e. The van der Waals surface area contributed by atoms with Gasteiger partial charge in [-0.1, -0.05) is 54.6 Å². The van der Waals surface area contributed by atoms with Crippen molar-refractivity contribution in [2.24, 2.45) is 0 Å². The van der Waals surface area contributed by atoms with Crippen LogP contribution in [0.5, 0.6) is 0 Å². The number of anilines is 2. The fraction of sp³-hybridized carbons (Fsp3) is 0.150. The number of hydrogen-bond donors (Lipinski definition) is 1. The number of amides is 1. The first-order chi connectivity index (χ1) is 11.1. The molecule has 0 heterocycles. The Balaban J connectivity index is 1.76. The van der Waals surface area contributed by atoms with Crippen LogP contribution in [0.15, 0.2) is 66.7 Å². The Hall–Kier alpha value is -2.81. The van der Waals surface area contributed by atoms with E-state index in [9.17, 15) is 4.79 Å². The summed E-state index contributed by atoms with van der Waals surface area (Å²) in [4.78, 5) is 14.4. The lowest BCUT2D eigenvalue weighted by Gasteiger charge is -2.17. The Morgan fingerprint density at radius 2 is 1.61 bits per heavy atom. The van der Waals surface area contributed by atoms with Gasteiger partial charge in [0, 0.05) is 14.1 Å². The van der Waals surface area contributed by atoms with Crippen LogP contribution in [0.2, 0.25) is 0 Å². The van der Waals surface area contributed by atoms with E-state index in [0.717, 1.165) is 22.3 Å². The van der Waals surface area contributed by atoms with Crippen molar-refractivity contribution >= 4 is 28.1 Å². The zero-order valence-corrected chi connectivity index (χ0v) is 13.4. The van der Waals surface area contributed by atoms with Gasteiger partial charge >= 0.3 is 0 Å². The molecule has 0 unspecified atom stereocenters. The maximum Gasteiger partial charge on any atom is 0.228 e. The van der Waals surface area contributed by atoms with Crippen LogP contribution in [0.3, 0.4) is 0 Å². The Bertz CT molecular complexity index is 840. The second-order valence-corrected chi connectivity index (χ2v) is 5.82. The molecule has 0 bridgehead atoms. The van der Waals surface area contributed by atoms with Gasteiger partial charge in [0.2, 0.25) is 5.91 Å². The lowest BCUT2D eigenvalue weighted by molar-refractivity contribution is -0.115. The molecule has 0 saturated heterocycles. The van der Waals surface area contributed by atoms with Crippen molar-refractivity contribution < 1.29 is 4.79 Å². The van der Waals surface area contributed by atoms with Crippen LogP contribution in [0, 0.1) is 0 Å². The quantitative estimate of drug-likeness (QED) is 0.787. The number of fused-ring (bicyclic) bond motifs is 1. The minimum Gasteiger partial charge on any atom is -0.376 e. The van der Waals surface area contributed by atoms with E-state index in [1.807, 2.05) is 61.5 Å². The van der Waals surface area contributed by atoms with Gasteiger partial charge in [0.15, 0.2) is 0 Å². The number of hydrogen-bond acceptors (Lipinski definition) is 2. The van der Waals surface area contributed by atoms with Crippen molar-refractivity contribution in [1.29, 1.82) is 0 Å². The average Bonchev–Trinajstić information content (AvgIpc) is 2.55. The standard InChI is InChI=1S/C20H20N2O/c1-22(2)19-10-6-5-9-18(19)21-20(23)14-15-11-12-16-7-3-4-8-17(16)13-15/h3-13H,14H2,1-2H3,(H,21,23). The topological polar surface area (TPSA) is 32.3 Å². The van der Waals surface area contributed by atoms with Gasteiger partial charge < -0.3 is 10.2 Å². The van der Waals surface area contributed by atoms with Gasteiger partial charge in [-0.05, 0) is 28.5 Å². The summed E-state index contributed by atoms with van der Waals surface area (Å²) in [5.74, 6) is -0.00502. The van der Waals surface area contributed by atoms with Crippen LogP contribution in [0.1, 0.15) is 5.56 Å². The van der Waals surface area contributed by atoms with E-state index in [2.05, 4.69) is 29.6 Å². The van der Waals surface area contributed by atoms with Gasteiger partial charge in [-0.15, -0.1) is 0 Å². The molecule has 1 amide bonds. The van der Waals surface area contributed by atoms with Gasteiger partial charge in [-0.25, -0.2) is 0 Å². The molecular weight excluding hydrogens is 284 g/mol. The third-order valence-electron chi connectivity index (χ3n) is 3.84. The van der Waals surface area contributed by atoms with Gasteiger partial charge in [-0.2, -0.15) is 0 Å². The number of rotatable bonds is 4. The smallest absolute Gasteiger partial charge is 0.228 e. The highest BCUT2D eigenvalue weighted by Crippen LogP contribution is 2.24. The summed E-state index contributed by atoms with van der Waals surface area (Å²) in [7, 11) is 3.93. The Morgan fingerprint density at radius 3 is 2.39 bits per heavy atom. The second kappa shape index (κ2) is 6.53. The number of carbonyl (C=O) groups excluding carboxylic acids is 1. The van der Waals surface area contributed by atoms with E-state index < -0.39 is 0 Å². The maximum atomic E-state index is 12.4. The highest BCUT2D eigenvalue weighted by Gasteiger charge is 2.09. The van der Waals surface area contributed by atoms with Gasteiger partial charge in [-0.3, -0.25) is 4.79 Å². The molecule has 116 valence electrons. The van der Waals surface area contributed by atoms with Crippen molar-refractivity contribution in [1.82, 2.24) is 0 Å². The van der Waals surface area contributed by atoms with Crippen LogP contribution < -0.4 is 10.2 Å². The first-order valence-corrected chi connectivity index (χ1v) is 7.67. The first-order valence-electron chi connectivity index (χ1n) is 7.67. The molecule has 0 spiro atoms. The fourth-order valence-corrected chi connectivity index (χ4v) is 2.70. The molecule has 0 radical (unpaired) electrons. The predicted octanol–water partition coefficient (Wildman–Crippen LogP) is 4.09. The minimum atomic E-state index is -0.00502. The Labute approximate surface area is 136 Å². The highest BCUT2D eigenvalue weighted by atomic mass is 16.1. The van der Waals surface area contributed by atoms with E-state index in [1.54, 1.807) is 0 Å². The molecule has 23 heavy (non-hydrogen) atoms. The van der Waals surface area contributed by atoms with E-state index in [4.69, 9.17) is 0 Å². The summed E-state index contributed by atoms with van der Waals surface area (Å²) in [6, 6.07) is 22.1. The number of carbonyl (C=O) groups is 1. The molecule has 3 nitrogen and oxygen atoms in total. The van der Waals surface area contributed by atoms with Gasteiger partial charge in [0.05, 0.1) is 17.8 Å². The lowest BCUT2D eigenvalue weighted by atomic mass is 10.0. The van der Waals surface area contributed by atoms with E-state index >= 15 is 0 Å². The molecule has 0 aliphatic carbocycles. The third-order valence-corrected chi connectivity index (χ3v) is 3.84. The fourth-order valence-electron chi connectivity index (χ4n) is 2.70. The van der Waals surface area contributed by atoms with Gasteiger partial charge in [0.1, 0.15) is 0 Å². The summed E-state index contributed by atoms with van der Waals surface area (Å²) in [5, 5.41) is 5.36. The van der Waals surface area contributed by atoms with Crippen LogP contribution in [0.25, 0.3) is 10.8 Å². The van der Waals surface area contributed by atoms with Crippen molar-refractivity contribution in [3.05, 3.63) is 72.3 Å². The average molecular weight is 304 g/mol. The number of nitrogens with zero attached hydrogens (tertiary/aromatic N) is 1. The Kier molecular flexibility index (Phi) is 4.29. The van der Waals surface area contributed by atoms with E-state index in [-0.39, 0.29) is 5.91 Å². The third kappa shape index (κ3) is 3.51. The van der Waals surface area contributed by atoms with E-state index in [1.165, 1.54) is 5.39 Å². The molecule has 1 N–H and O–H groups in total. The monoisotopic (exact) mass is 304 g/mol. The Morgan fingerprint density at radius 1 is 0.913 bits per heavy atom. The SMILES string of the molecule is CN(C)c1ccccc1NC(=O)Cc1ccc2ccccc2c1. The zero-order chi connectivity index (χ0) is 16.2. The normalized spacial score (nSPS) is 10.5. The molecule has 3 aromatic carbocycles. The summed E-state index contributed by atoms with van der Waals surface area (Å²) >= 11 is 0. The summed E-state index contributed by atoms with van der Waals surface area (Å²) in [5.41, 5.74) is 2.85. The zero-order valence-electron chi connectivity index (χ0n) is 13.4. The maximum absolute atomic E-state index is 12.4. The molecule has 0 saturated carbocycles. The first kappa shape index (κ1) is 15.1. The molecule has 0 aromatic heterocycles. The number of para-hydroxylation sites is 2. The molecule has 3 heteroatoms. The molecule has 0 aliphatic rings. The van der Waals surface area contributed by atoms with Crippen molar-refractivity contribution in [3.63, 3.8) is 0 Å². The van der Waals surface area contributed by atoms with Crippen LogP contribution in [-0.4, -0.2) is 20.0 Å². The predicted molar refractivity (Wildman–Crippen MR) is 97.1 cm³/mol. The molecular formula is C20H20N2O. The number of nitrogens with one attached hydrogen (secondary N) is 1. The highest BCUT2D eigenvalue weighted by molar-refractivity contribution is 5.96. The molecule has 3 rings (SSSR count). The summed E-state index contributed by atoms with van der Waals surface area (Å²) in [6.07, 6.45) is 0.368. The minimum absolute atomic E-state index is 0.00502. The molecule has 3 aromatic rings. The van der Waals surface area contributed by atoms with E-state index in [0.29, 0.717) is 6.42 Å². The second-order valence-electron chi connectivity index (χ2n) is 5.82. The molecule has 0 atom stereocenters. The summed E-state index contributed by atoms with van der Waals surface area (Å²) in [6.45, 7) is 0.